The minimum absolute atomic E-state index is 0.0805. The van der Waals surface area contributed by atoms with Gasteiger partial charge in [-0.15, -0.1) is 0 Å². The van der Waals surface area contributed by atoms with Gasteiger partial charge < -0.3 is 15.3 Å². The average molecular weight is 305 g/mol. The molecular formula is C15H17ClN4O. The van der Waals surface area contributed by atoms with E-state index in [0.717, 1.165) is 36.2 Å². The zero-order valence-corrected chi connectivity index (χ0v) is 12.3. The molecule has 1 aromatic heterocycles. The van der Waals surface area contributed by atoms with Crippen LogP contribution in [0.4, 0.5) is 11.6 Å². The molecule has 0 amide bonds. The van der Waals surface area contributed by atoms with Gasteiger partial charge in [0.25, 0.3) is 0 Å². The largest absolute Gasteiger partial charge is 0.395 e. The molecular weight excluding hydrogens is 288 g/mol. The summed E-state index contributed by atoms with van der Waals surface area (Å²) < 4.78 is 0. The van der Waals surface area contributed by atoms with Crippen molar-refractivity contribution in [2.24, 2.45) is 0 Å². The van der Waals surface area contributed by atoms with Gasteiger partial charge in [0.15, 0.2) is 0 Å². The molecule has 2 aromatic rings. The Morgan fingerprint density at radius 3 is 3.00 bits per heavy atom. The van der Waals surface area contributed by atoms with Crippen LogP contribution in [0.3, 0.4) is 0 Å². The molecule has 0 bridgehead atoms. The Morgan fingerprint density at radius 2 is 2.14 bits per heavy atom. The summed E-state index contributed by atoms with van der Waals surface area (Å²) in [5.74, 6) is 1.63. The highest BCUT2D eigenvalue weighted by Crippen LogP contribution is 2.26. The van der Waals surface area contributed by atoms with Crippen LogP contribution in [0.15, 0.2) is 30.6 Å². The maximum Gasteiger partial charge on any atom is 0.134 e. The van der Waals surface area contributed by atoms with Crippen molar-refractivity contribution in [3.63, 3.8) is 0 Å². The van der Waals surface area contributed by atoms with Crippen LogP contribution in [0.2, 0.25) is 5.02 Å². The Kier molecular flexibility index (Phi) is 4.22. The van der Waals surface area contributed by atoms with Gasteiger partial charge in [0, 0.05) is 30.7 Å². The molecule has 0 saturated carbocycles. The van der Waals surface area contributed by atoms with Gasteiger partial charge in [-0.25, -0.2) is 9.97 Å². The minimum Gasteiger partial charge on any atom is -0.395 e. The molecule has 0 aliphatic carbocycles. The van der Waals surface area contributed by atoms with E-state index in [2.05, 4.69) is 26.3 Å². The number of hydrogen-bond donors (Lipinski definition) is 2. The number of anilines is 2. The molecule has 5 nitrogen and oxygen atoms in total. The van der Waals surface area contributed by atoms with Gasteiger partial charge in [-0.2, -0.15) is 0 Å². The molecule has 0 fully saturated rings. The standard InChI is InChI=1S/C15H17ClN4O/c16-13-2-1-12-9-20(5-3-11(12)7-13)15-8-14(17-4-6-21)18-10-19-15/h1-2,7-8,10,21H,3-6,9H2,(H,17,18,19). The third kappa shape index (κ3) is 3.25. The molecule has 1 aliphatic heterocycles. The summed E-state index contributed by atoms with van der Waals surface area (Å²) in [6.07, 6.45) is 2.51. The van der Waals surface area contributed by atoms with Gasteiger partial charge >= 0.3 is 0 Å². The Bertz CT molecular complexity index is 635. The molecule has 2 heterocycles. The van der Waals surface area contributed by atoms with Crippen molar-refractivity contribution in [1.82, 2.24) is 9.97 Å². The smallest absolute Gasteiger partial charge is 0.134 e. The number of aliphatic hydroxyl groups is 1. The highest BCUT2D eigenvalue weighted by atomic mass is 35.5. The monoisotopic (exact) mass is 304 g/mol. The quantitative estimate of drug-likeness (QED) is 0.906. The second-order valence-corrected chi connectivity index (χ2v) is 5.43. The van der Waals surface area contributed by atoms with Crippen LogP contribution in [0, 0.1) is 0 Å². The zero-order valence-electron chi connectivity index (χ0n) is 11.6. The van der Waals surface area contributed by atoms with Gasteiger partial charge in [-0.1, -0.05) is 17.7 Å². The minimum atomic E-state index is 0.0805. The van der Waals surface area contributed by atoms with Crippen molar-refractivity contribution >= 4 is 23.2 Å². The maximum atomic E-state index is 8.85. The van der Waals surface area contributed by atoms with Crippen molar-refractivity contribution in [3.8, 4) is 0 Å². The summed E-state index contributed by atoms with van der Waals surface area (Å²) >= 11 is 6.04. The van der Waals surface area contributed by atoms with E-state index >= 15 is 0 Å². The maximum absolute atomic E-state index is 8.85. The fourth-order valence-electron chi connectivity index (χ4n) is 2.52. The zero-order chi connectivity index (χ0) is 14.7. The summed E-state index contributed by atoms with van der Waals surface area (Å²) in [4.78, 5) is 10.7. The average Bonchev–Trinajstić information content (AvgIpc) is 2.52. The summed E-state index contributed by atoms with van der Waals surface area (Å²) in [5.41, 5.74) is 2.60. The van der Waals surface area contributed by atoms with E-state index in [1.54, 1.807) is 6.33 Å². The van der Waals surface area contributed by atoms with E-state index in [1.165, 1.54) is 11.1 Å². The van der Waals surface area contributed by atoms with E-state index in [9.17, 15) is 0 Å². The van der Waals surface area contributed by atoms with Gasteiger partial charge in [-0.05, 0) is 29.7 Å². The topological polar surface area (TPSA) is 61.3 Å². The van der Waals surface area contributed by atoms with E-state index in [4.69, 9.17) is 16.7 Å². The number of benzene rings is 1. The number of nitrogens with one attached hydrogen (secondary N) is 1. The number of rotatable bonds is 4. The first-order valence-electron chi connectivity index (χ1n) is 6.95. The predicted molar refractivity (Wildman–Crippen MR) is 83.8 cm³/mol. The molecule has 0 unspecified atom stereocenters. The molecule has 21 heavy (non-hydrogen) atoms. The van der Waals surface area contributed by atoms with E-state index in [1.807, 2.05) is 18.2 Å². The third-order valence-electron chi connectivity index (χ3n) is 3.58. The van der Waals surface area contributed by atoms with Gasteiger partial charge in [-0.3, -0.25) is 0 Å². The predicted octanol–water partition coefficient (Wildman–Crippen LogP) is 2.10. The first kappa shape index (κ1) is 14.1. The van der Waals surface area contributed by atoms with Crippen LogP contribution in [-0.4, -0.2) is 34.8 Å². The normalized spacial score (nSPS) is 13.9. The third-order valence-corrected chi connectivity index (χ3v) is 3.81. The highest BCUT2D eigenvalue weighted by Gasteiger charge is 2.18. The van der Waals surface area contributed by atoms with Crippen molar-refractivity contribution in [1.29, 1.82) is 0 Å². The number of nitrogens with zero attached hydrogens (tertiary/aromatic N) is 3. The van der Waals surface area contributed by atoms with Crippen LogP contribution in [0.25, 0.3) is 0 Å². The number of fused-ring (bicyclic) bond motifs is 1. The molecule has 1 aliphatic rings. The van der Waals surface area contributed by atoms with Crippen LogP contribution in [0.1, 0.15) is 11.1 Å². The van der Waals surface area contributed by atoms with Crippen LogP contribution >= 0.6 is 11.6 Å². The molecule has 3 rings (SSSR count). The first-order valence-corrected chi connectivity index (χ1v) is 7.33. The number of aliphatic hydroxyl groups excluding tert-OH is 1. The Labute approximate surface area is 128 Å². The molecule has 0 atom stereocenters. The number of aromatic nitrogens is 2. The van der Waals surface area contributed by atoms with E-state index < -0.39 is 0 Å². The lowest BCUT2D eigenvalue weighted by Gasteiger charge is -2.30. The highest BCUT2D eigenvalue weighted by molar-refractivity contribution is 6.30. The summed E-state index contributed by atoms with van der Waals surface area (Å²) in [5, 5.41) is 12.7. The lowest BCUT2D eigenvalue weighted by Crippen LogP contribution is -2.31. The second-order valence-electron chi connectivity index (χ2n) is 5.00. The van der Waals surface area contributed by atoms with E-state index in [-0.39, 0.29) is 6.61 Å². The van der Waals surface area contributed by atoms with Crippen molar-refractivity contribution in [2.75, 3.05) is 29.9 Å². The van der Waals surface area contributed by atoms with Gasteiger partial charge in [0.1, 0.15) is 18.0 Å². The number of hydrogen-bond acceptors (Lipinski definition) is 5. The van der Waals surface area contributed by atoms with Gasteiger partial charge in [0.05, 0.1) is 6.61 Å². The molecule has 2 N–H and O–H groups in total. The first-order chi connectivity index (χ1) is 10.3. The van der Waals surface area contributed by atoms with Crippen LogP contribution in [-0.2, 0) is 13.0 Å². The molecule has 0 saturated heterocycles. The van der Waals surface area contributed by atoms with Crippen LogP contribution < -0.4 is 10.2 Å². The van der Waals surface area contributed by atoms with Crippen molar-refractivity contribution < 1.29 is 5.11 Å². The summed E-state index contributed by atoms with van der Waals surface area (Å²) in [6, 6.07) is 7.97. The van der Waals surface area contributed by atoms with Gasteiger partial charge in [0.2, 0.25) is 0 Å². The second kappa shape index (κ2) is 6.28. The van der Waals surface area contributed by atoms with E-state index in [0.29, 0.717) is 6.54 Å². The molecule has 0 spiro atoms. The van der Waals surface area contributed by atoms with Crippen LogP contribution in [0.5, 0.6) is 0 Å². The Hall–Kier alpha value is -1.85. The summed E-state index contributed by atoms with van der Waals surface area (Å²) in [7, 11) is 0. The molecule has 0 radical (unpaired) electrons. The Balaban J connectivity index is 1.78. The molecule has 6 heteroatoms. The lowest BCUT2D eigenvalue weighted by molar-refractivity contribution is 0.311. The number of halogens is 1. The lowest BCUT2D eigenvalue weighted by atomic mass is 10.00. The van der Waals surface area contributed by atoms with Crippen molar-refractivity contribution in [2.45, 2.75) is 13.0 Å². The Morgan fingerprint density at radius 1 is 1.24 bits per heavy atom. The fraction of sp³-hybridized carbons (Fsp3) is 0.333. The molecule has 1 aromatic carbocycles. The summed E-state index contributed by atoms with van der Waals surface area (Å²) in [6.45, 7) is 2.29. The fourth-order valence-corrected chi connectivity index (χ4v) is 2.71. The SMILES string of the molecule is OCCNc1cc(N2CCc3cc(Cl)ccc3C2)ncn1. The molecule has 110 valence electrons. The van der Waals surface area contributed by atoms with Crippen molar-refractivity contribution in [3.05, 3.63) is 46.7 Å².